The molecule has 1 rings (SSSR count). The monoisotopic (exact) mass is 334 g/mol. The van der Waals surface area contributed by atoms with Crippen LogP contribution in [0.5, 0.6) is 0 Å². The second kappa shape index (κ2) is 7.91. The lowest BCUT2D eigenvalue weighted by Crippen LogP contribution is -2.52. The van der Waals surface area contributed by atoms with Crippen molar-refractivity contribution in [2.45, 2.75) is 46.7 Å². The van der Waals surface area contributed by atoms with E-state index in [1.54, 1.807) is 19.1 Å². The van der Waals surface area contributed by atoms with Crippen LogP contribution in [0.25, 0.3) is 0 Å². The number of amides is 1. The van der Waals surface area contributed by atoms with Gasteiger partial charge in [0.15, 0.2) is 0 Å². The minimum Gasteiger partial charge on any atom is -0.467 e. The van der Waals surface area contributed by atoms with Crippen molar-refractivity contribution in [1.29, 1.82) is 5.26 Å². The standard InChI is InChI=1S/C18H23FN2O3/c1-12-10-13(6-7-14(12)19)11-21(15(22)8-9-20)16(17(23)24-5)18(2,3)4/h6-7,10,16H,8,11H2,1-5H3. The number of hydrogen-bond acceptors (Lipinski definition) is 4. The van der Waals surface area contributed by atoms with Crippen molar-refractivity contribution in [1.82, 2.24) is 4.90 Å². The minimum absolute atomic E-state index is 0.0959. The van der Waals surface area contributed by atoms with Gasteiger partial charge in [-0.3, -0.25) is 4.79 Å². The zero-order chi connectivity index (χ0) is 18.5. The number of halogens is 1. The first kappa shape index (κ1) is 19.6. The molecule has 0 aliphatic carbocycles. The number of aryl methyl sites for hydroxylation is 1. The number of hydrogen-bond donors (Lipinski definition) is 0. The molecule has 0 aliphatic heterocycles. The third kappa shape index (κ3) is 4.79. The molecule has 0 saturated heterocycles. The van der Waals surface area contributed by atoms with E-state index in [4.69, 9.17) is 10.00 Å². The SMILES string of the molecule is COC(=O)C(N(Cc1ccc(F)c(C)c1)C(=O)CC#N)C(C)(C)C. The maximum atomic E-state index is 13.4. The van der Waals surface area contributed by atoms with Gasteiger partial charge in [0.25, 0.3) is 0 Å². The van der Waals surface area contributed by atoms with E-state index in [1.165, 1.54) is 18.1 Å². The van der Waals surface area contributed by atoms with Crippen molar-refractivity contribution in [3.8, 4) is 6.07 Å². The van der Waals surface area contributed by atoms with E-state index in [9.17, 15) is 14.0 Å². The quantitative estimate of drug-likeness (QED) is 0.776. The number of methoxy groups -OCH3 is 1. The lowest BCUT2D eigenvalue weighted by atomic mass is 9.85. The van der Waals surface area contributed by atoms with E-state index in [0.29, 0.717) is 11.1 Å². The lowest BCUT2D eigenvalue weighted by molar-refractivity contribution is -0.158. The predicted octanol–water partition coefficient (Wildman–Crippen LogP) is 2.96. The predicted molar refractivity (Wildman–Crippen MR) is 87.2 cm³/mol. The Balaban J connectivity index is 3.28. The minimum atomic E-state index is -0.853. The van der Waals surface area contributed by atoms with E-state index in [-0.39, 0.29) is 18.8 Å². The molecule has 0 fully saturated rings. The largest absolute Gasteiger partial charge is 0.467 e. The molecule has 130 valence electrons. The Hall–Kier alpha value is -2.42. The van der Waals surface area contributed by atoms with E-state index in [1.807, 2.05) is 26.8 Å². The fourth-order valence-corrected chi connectivity index (χ4v) is 2.55. The van der Waals surface area contributed by atoms with Crippen LogP contribution in [-0.4, -0.2) is 29.9 Å². The van der Waals surface area contributed by atoms with E-state index >= 15 is 0 Å². The first-order valence-electron chi connectivity index (χ1n) is 7.61. The molecule has 0 N–H and O–H groups in total. The summed E-state index contributed by atoms with van der Waals surface area (Å²) >= 11 is 0. The number of rotatable bonds is 5. The molecule has 1 aromatic carbocycles. The van der Waals surface area contributed by atoms with Gasteiger partial charge in [0.05, 0.1) is 13.2 Å². The molecule has 1 aromatic rings. The molecule has 6 heteroatoms. The molecule has 1 unspecified atom stereocenters. The van der Waals surface area contributed by atoms with Gasteiger partial charge in [-0.1, -0.05) is 32.9 Å². The van der Waals surface area contributed by atoms with Crippen molar-refractivity contribution >= 4 is 11.9 Å². The van der Waals surface area contributed by atoms with Crippen LogP contribution in [0.3, 0.4) is 0 Å². The number of carbonyl (C=O) groups excluding carboxylic acids is 2. The molecule has 1 amide bonds. The molecule has 0 heterocycles. The molecule has 5 nitrogen and oxygen atoms in total. The maximum absolute atomic E-state index is 13.4. The molecular formula is C18H23FN2O3. The number of nitrogens with zero attached hydrogens (tertiary/aromatic N) is 2. The fraction of sp³-hybridized carbons (Fsp3) is 0.500. The highest BCUT2D eigenvalue weighted by molar-refractivity contribution is 5.86. The summed E-state index contributed by atoms with van der Waals surface area (Å²) in [6, 6.07) is 5.47. The number of esters is 1. The summed E-state index contributed by atoms with van der Waals surface area (Å²) in [5, 5.41) is 8.85. The van der Waals surface area contributed by atoms with Crippen LogP contribution in [0.1, 0.15) is 38.3 Å². The first-order valence-corrected chi connectivity index (χ1v) is 7.61. The fourth-order valence-electron chi connectivity index (χ4n) is 2.55. The van der Waals surface area contributed by atoms with E-state index in [0.717, 1.165) is 0 Å². The van der Waals surface area contributed by atoms with Crippen molar-refractivity contribution in [2.75, 3.05) is 7.11 Å². The Kier molecular flexibility index (Phi) is 6.47. The highest BCUT2D eigenvalue weighted by Crippen LogP contribution is 2.28. The number of benzene rings is 1. The van der Waals surface area contributed by atoms with Gasteiger partial charge in [-0.2, -0.15) is 5.26 Å². The summed E-state index contributed by atoms with van der Waals surface area (Å²) in [5.74, 6) is -1.36. The lowest BCUT2D eigenvalue weighted by Gasteiger charge is -2.38. The van der Waals surface area contributed by atoms with Gasteiger partial charge in [0.2, 0.25) is 5.91 Å². The van der Waals surface area contributed by atoms with Crippen LogP contribution in [-0.2, 0) is 20.9 Å². The van der Waals surface area contributed by atoms with Gasteiger partial charge in [-0.25, -0.2) is 9.18 Å². The van der Waals surface area contributed by atoms with Gasteiger partial charge in [-0.15, -0.1) is 0 Å². The first-order chi connectivity index (χ1) is 11.1. The molecule has 0 radical (unpaired) electrons. The third-order valence-corrected chi connectivity index (χ3v) is 3.68. The van der Waals surface area contributed by atoms with Crippen LogP contribution in [0, 0.1) is 29.5 Å². The van der Waals surface area contributed by atoms with Crippen molar-refractivity contribution in [3.63, 3.8) is 0 Å². The molecule has 0 spiro atoms. The third-order valence-electron chi connectivity index (χ3n) is 3.68. The van der Waals surface area contributed by atoms with Gasteiger partial charge in [0.1, 0.15) is 18.3 Å². The highest BCUT2D eigenvalue weighted by Gasteiger charge is 2.39. The van der Waals surface area contributed by atoms with Crippen molar-refractivity contribution in [3.05, 3.63) is 35.1 Å². The van der Waals surface area contributed by atoms with Crippen LogP contribution in [0.15, 0.2) is 18.2 Å². The smallest absolute Gasteiger partial charge is 0.329 e. The summed E-state index contributed by atoms with van der Waals surface area (Å²) in [6.07, 6.45) is -0.344. The molecule has 0 bridgehead atoms. The molecular weight excluding hydrogens is 311 g/mol. The normalized spacial score (nSPS) is 12.2. The molecule has 0 aromatic heterocycles. The second-order valence-electron chi connectivity index (χ2n) is 6.73. The highest BCUT2D eigenvalue weighted by atomic mass is 19.1. The Bertz CT molecular complexity index is 659. The summed E-state index contributed by atoms with van der Waals surface area (Å²) in [5.41, 5.74) is 0.539. The maximum Gasteiger partial charge on any atom is 0.329 e. The van der Waals surface area contributed by atoms with E-state index < -0.39 is 23.3 Å². The van der Waals surface area contributed by atoms with Gasteiger partial charge in [0, 0.05) is 6.54 Å². The Labute approximate surface area is 142 Å². The summed E-state index contributed by atoms with van der Waals surface area (Å²) < 4.78 is 18.3. The topological polar surface area (TPSA) is 70.4 Å². The molecule has 0 aliphatic rings. The number of carbonyl (C=O) groups is 2. The van der Waals surface area contributed by atoms with Gasteiger partial charge in [-0.05, 0) is 29.5 Å². The van der Waals surface area contributed by atoms with Crippen molar-refractivity contribution < 1.29 is 18.7 Å². The number of ether oxygens (including phenoxy) is 1. The summed E-state index contributed by atoms with van der Waals surface area (Å²) in [4.78, 5) is 26.0. The summed E-state index contributed by atoms with van der Waals surface area (Å²) in [6.45, 7) is 7.17. The van der Waals surface area contributed by atoms with Crippen LogP contribution in [0.2, 0.25) is 0 Å². The van der Waals surface area contributed by atoms with Crippen molar-refractivity contribution in [2.24, 2.45) is 5.41 Å². The van der Waals surface area contributed by atoms with Gasteiger partial charge >= 0.3 is 5.97 Å². The van der Waals surface area contributed by atoms with Crippen LogP contribution >= 0.6 is 0 Å². The zero-order valence-electron chi connectivity index (χ0n) is 14.7. The zero-order valence-corrected chi connectivity index (χ0v) is 14.7. The Morgan fingerprint density at radius 3 is 2.46 bits per heavy atom. The van der Waals surface area contributed by atoms with Crippen LogP contribution < -0.4 is 0 Å². The second-order valence-corrected chi connectivity index (χ2v) is 6.73. The molecule has 0 saturated carbocycles. The molecule has 1 atom stereocenters. The Morgan fingerprint density at radius 2 is 2.00 bits per heavy atom. The van der Waals surface area contributed by atoms with Gasteiger partial charge < -0.3 is 9.64 Å². The average molecular weight is 334 g/mol. The van der Waals surface area contributed by atoms with E-state index in [2.05, 4.69) is 0 Å². The van der Waals surface area contributed by atoms with Crippen LogP contribution in [0.4, 0.5) is 4.39 Å². The average Bonchev–Trinajstić information content (AvgIpc) is 2.48. The molecule has 24 heavy (non-hydrogen) atoms. The summed E-state index contributed by atoms with van der Waals surface area (Å²) in [7, 11) is 1.26. The number of nitriles is 1. The Morgan fingerprint density at radius 1 is 1.38 bits per heavy atom.